The molecule has 2 rings (SSSR count). The van der Waals surface area contributed by atoms with Gasteiger partial charge in [-0.3, -0.25) is 4.68 Å². The van der Waals surface area contributed by atoms with Crippen molar-refractivity contribution in [1.82, 2.24) is 15.1 Å². The lowest BCUT2D eigenvalue weighted by Gasteiger charge is -2.29. The fraction of sp³-hybridized carbons (Fsp3) is 0.533. The molecule has 4 heteroatoms. The highest BCUT2D eigenvalue weighted by Crippen LogP contribution is 2.19. The van der Waals surface area contributed by atoms with Crippen molar-refractivity contribution < 1.29 is 5.11 Å². The van der Waals surface area contributed by atoms with Crippen molar-refractivity contribution in [2.24, 2.45) is 0 Å². The Hall–Kier alpha value is -1.39. The molecule has 0 spiro atoms. The van der Waals surface area contributed by atoms with Crippen LogP contribution in [0.25, 0.3) is 10.9 Å². The van der Waals surface area contributed by atoms with E-state index in [4.69, 9.17) is 0 Å². The summed E-state index contributed by atoms with van der Waals surface area (Å²) in [5.74, 6) is 0. The number of hydrogen-bond acceptors (Lipinski definition) is 3. The molecule has 0 saturated carbocycles. The predicted molar refractivity (Wildman–Crippen MR) is 78.0 cm³/mol. The van der Waals surface area contributed by atoms with Crippen LogP contribution >= 0.6 is 0 Å². The third-order valence-corrected chi connectivity index (χ3v) is 3.79. The SMILES string of the molecule is CCn1nc(CNC(C)(C)C(C)O)c2ccccc21. The molecule has 1 atom stereocenters. The van der Waals surface area contributed by atoms with Crippen LogP contribution in [-0.2, 0) is 13.1 Å². The Kier molecular flexibility index (Phi) is 3.92. The summed E-state index contributed by atoms with van der Waals surface area (Å²) >= 11 is 0. The van der Waals surface area contributed by atoms with Gasteiger partial charge in [0.05, 0.1) is 17.3 Å². The van der Waals surface area contributed by atoms with Crippen LogP contribution in [0.15, 0.2) is 24.3 Å². The Morgan fingerprint density at radius 3 is 2.68 bits per heavy atom. The van der Waals surface area contributed by atoms with Gasteiger partial charge in [-0.25, -0.2) is 0 Å². The quantitative estimate of drug-likeness (QED) is 0.868. The summed E-state index contributed by atoms with van der Waals surface area (Å²) in [6, 6.07) is 8.26. The second-order valence-electron chi connectivity index (χ2n) is 5.53. The Labute approximate surface area is 114 Å². The lowest BCUT2D eigenvalue weighted by atomic mass is 9.98. The van der Waals surface area contributed by atoms with Crippen LogP contribution < -0.4 is 5.32 Å². The largest absolute Gasteiger partial charge is 0.392 e. The molecule has 0 aliphatic rings. The molecule has 0 amide bonds. The van der Waals surface area contributed by atoms with Crippen molar-refractivity contribution in [3.63, 3.8) is 0 Å². The van der Waals surface area contributed by atoms with Crippen LogP contribution in [0.2, 0.25) is 0 Å². The molecular weight excluding hydrogens is 238 g/mol. The summed E-state index contributed by atoms with van der Waals surface area (Å²) in [6.45, 7) is 9.41. The van der Waals surface area contributed by atoms with Crippen molar-refractivity contribution >= 4 is 10.9 Å². The number of para-hydroxylation sites is 1. The number of aryl methyl sites for hydroxylation is 1. The van der Waals surface area contributed by atoms with Gasteiger partial charge in [-0.05, 0) is 33.8 Å². The molecule has 0 radical (unpaired) electrons. The molecule has 2 N–H and O–H groups in total. The zero-order valence-corrected chi connectivity index (χ0v) is 12.1. The van der Waals surface area contributed by atoms with E-state index in [1.165, 1.54) is 5.39 Å². The monoisotopic (exact) mass is 261 g/mol. The molecule has 1 aromatic heterocycles. The summed E-state index contributed by atoms with van der Waals surface area (Å²) < 4.78 is 2.02. The van der Waals surface area contributed by atoms with Crippen LogP contribution in [0.1, 0.15) is 33.4 Å². The van der Waals surface area contributed by atoms with Crippen molar-refractivity contribution in [3.05, 3.63) is 30.0 Å². The van der Waals surface area contributed by atoms with E-state index >= 15 is 0 Å². The summed E-state index contributed by atoms with van der Waals surface area (Å²) in [5, 5.41) is 18.9. The molecule has 1 aromatic carbocycles. The van der Waals surface area contributed by atoms with Crippen LogP contribution in [0.4, 0.5) is 0 Å². The lowest BCUT2D eigenvalue weighted by Crippen LogP contribution is -2.47. The maximum absolute atomic E-state index is 9.73. The van der Waals surface area contributed by atoms with Gasteiger partial charge in [-0.15, -0.1) is 0 Å². The van der Waals surface area contributed by atoms with Crippen molar-refractivity contribution in [3.8, 4) is 0 Å². The first-order valence-corrected chi connectivity index (χ1v) is 6.83. The molecule has 19 heavy (non-hydrogen) atoms. The second kappa shape index (κ2) is 5.31. The zero-order valence-electron chi connectivity index (χ0n) is 12.1. The van der Waals surface area contributed by atoms with E-state index in [9.17, 15) is 5.11 Å². The number of aromatic nitrogens is 2. The van der Waals surface area contributed by atoms with E-state index in [1.807, 2.05) is 30.7 Å². The Bertz CT molecular complexity index is 558. The number of aliphatic hydroxyl groups is 1. The van der Waals surface area contributed by atoms with Crippen LogP contribution in [0, 0.1) is 0 Å². The Morgan fingerprint density at radius 1 is 1.37 bits per heavy atom. The third kappa shape index (κ3) is 2.80. The van der Waals surface area contributed by atoms with Gasteiger partial charge < -0.3 is 10.4 Å². The predicted octanol–water partition coefficient (Wildman–Crippen LogP) is 2.31. The fourth-order valence-corrected chi connectivity index (χ4v) is 2.03. The van der Waals surface area contributed by atoms with Crippen LogP contribution in [0.5, 0.6) is 0 Å². The van der Waals surface area contributed by atoms with Crippen molar-refractivity contribution in [2.75, 3.05) is 0 Å². The first-order valence-electron chi connectivity index (χ1n) is 6.83. The summed E-state index contributed by atoms with van der Waals surface area (Å²) in [6.07, 6.45) is -0.410. The Balaban J connectivity index is 2.26. The van der Waals surface area contributed by atoms with E-state index in [2.05, 4.69) is 29.5 Å². The molecule has 0 saturated heterocycles. The minimum absolute atomic E-state index is 0.322. The van der Waals surface area contributed by atoms with Crippen LogP contribution in [0.3, 0.4) is 0 Å². The van der Waals surface area contributed by atoms with E-state index < -0.39 is 6.10 Å². The van der Waals surface area contributed by atoms with Crippen molar-refractivity contribution in [2.45, 2.75) is 52.4 Å². The molecule has 104 valence electrons. The van der Waals surface area contributed by atoms with Gasteiger partial charge in [0.1, 0.15) is 0 Å². The van der Waals surface area contributed by atoms with E-state index in [0.717, 1.165) is 17.8 Å². The maximum Gasteiger partial charge on any atom is 0.0841 e. The van der Waals surface area contributed by atoms with E-state index in [-0.39, 0.29) is 5.54 Å². The average Bonchev–Trinajstić information content (AvgIpc) is 2.74. The summed E-state index contributed by atoms with van der Waals surface area (Å²) in [4.78, 5) is 0. The minimum Gasteiger partial charge on any atom is -0.392 e. The molecule has 4 nitrogen and oxygen atoms in total. The number of rotatable bonds is 5. The highest BCUT2D eigenvalue weighted by atomic mass is 16.3. The molecule has 0 aliphatic heterocycles. The van der Waals surface area contributed by atoms with Gasteiger partial charge in [0, 0.05) is 24.0 Å². The number of nitrogens with zero attached hydrogens (tertiary/aromatic N) is 2. The number of benzene rings is 1. The number of fused-ring (bicyclic) bond motifs is 1. The smallest absolute Gasteiger partial charge is 0.0841 e. The van der Waals surface area contributed by atoms with E-state index in [0.29, 0.717) is 6.54 Å². The average molecular weight is 261 g/mol. The molecule has 2 aromatic rings. The van der Waals surface area contributed by atoms with Gasteiger partial charge in [-0.1, -0.05) is 18.2 Å². The lowest BCUT2D eigenvalue weighted by molar-refractivity contribution is 0.0954. The normalized spacial score (nSPS) is 13.9. The highest BCUT2D eigenvalue weighted by Gasteiger charge is 2.23. The van der Waals surface area contributed by atoms with Crippen LogP contribution in [-0.4, -0.2) is 26.5 Å². The number of nitrogens with one attached hydrogen (secondary N) is 1. The third-order valence-electron chi connectivity index (χ3n) is 3.79. The van der Waals surface area contributed by atoms with Gasteiger partial charge in [0.15, 0.2) is 0 Å². The van der Waals surface area contributed by atoms with Gasteiger partial charge in [-0.2, -0.15) is 5.10 Å². The maximum atomic E-state index is 9.73. The topological polar surface area (TPSA) is 50.1 Å². The molecular formula is C15H23N3O. The first kappa shape index (κ1) is 14.0. The summed E-state index contributed by atoms with van der Waals surface area (Å²) in [7, 11) is 0. The fourth-order valence-electron chi connectivity index (χ4n) is 2.03. The number of hydrogen-bond donors (Lipinski definition) is 2. The minimum atomic E-state index is -0.410. The molecule has 1 heterocycles. The van der Waals surface area contributed by atoms with Gasteiger partial charge in [0.25, 0.3) is 0 Å². The molecule has 0 fully saturated rings. The Morgan fingerprint density at radius 2 is 2.05 bits per heavy atom. The molecule has 1 unspecified atom stereocenters. The summed E-state index contributed by atoms with van der Waals surface area (Å²) in [5.41, 5.74) is 1.87. The van der Waals surface area contributed by atoms with E-state index in [1.54, 1.807) is 6.92 Å². The van der Waals surface area contributed by atoms with Gasteiger partial charge in [0.2, 0.25) is 0 Å². The zero-order chi connectivity index (χ0) is 14.0. The second-order valence-corrected chi connectivity index (χ2v) is 5.53. The molecule has 0 bridgehead atoms. The first-order chi connectivity index (χ1) is 8.95. The number of aliphatic hydroxyl groups excluding tert-OH is 1. The van der Waals surface area contributed by atoms with Gasteiger partial charge >= 0.3 is 0 Å². The molecule has 0 aliphatic carbocycles. The van der Waals surface area contributed by atoms with Crippen molar-refractivity contribution in [1.29, 1.82) is 0 Å². The highest BCUT2D eigenvalue weighted by molar-refractivity contribution is 5.81. The standard InChI is InChI=1S/C15H23N3O/c1-5-18-14-9-7-6-8-12(14)13(17-18)10-16-15(3,4)11(2)19/h6-9,11,16,19H,5,10H2,1-4H3.